The van der Waals surface area contributed by atoms with Crippen LogP contribution < -0.4 is 0 Å². The lowest BCUT2D eigenvalue weighted by molar-refractivity contribution is -0.290. The number of esters is 4. The number of aliphatic hydroxyl groups excluding tert-OH is 1. The van der Waals surface area contributed by atoms with Crippen LogP contribution in [-0.4, -0.2) is 64.6 Å². The van der Waals surface area contributed by atoms with Crippen LogP contribution in [0.2, 0.25) is 0 Å². The molecule has 10 nitrogen and oxygen atoms in total. The van der Waals surface area contributed by atoms with Crippen LogP contribution in [0.4, 0.5) is 0 Å². The number of hydrogen-bond acceptors (Lipinski definition) is 10. The number of ether oxygens (including phenoxy) is 4. The molecule has 3 aliphatic rings. The number of hydrogen-bond donors (Lipinski definition) is 2. The highest BCUT2D eigenvalue weighted by atomic mass is 16.6. The van der Waals surface area contributed by atoms with E-state index in [2.05, 4.69) is 0 Å². The molecule has 0 unspecified atom stereocenters. The molecule has 46 heavy (non-hydrogen) atoms. The molecule has 2 N–H and O–H groups in total. The minimum Gasteiger partial charge on any atom is -0.502 e. The number of carbonyl (C=O) groups is 4. The molecular weight excluding hydrogens is 592 g/mol. The highest BCUT2D eigenvalue weighted by Crippen LogP contribution is 2.65. The lowest BCUT2D eigenvalue weighted by Gasteiger charge is -2.66. The second-order valence-corrected chi connectivity index (χ2v) is 12.9. The van der Waals surface area contributed by atoms with Crippen LogP contribution in [-0.2, 0) is 28.5 Å². The third-order valence-electron chi connectivity index (χ3n) is 10.5. The largest absolute Gasteiger partial charge is 0.502 e. The van der Waals surface area contributed by atoms with Crippen molar-refractivity contribution in [2.75, 3.05) is 6.61 Å². The number of aliphatic hydroxyl groups is 2. The van der Waals surface area contributed by atoms with Gasteiger partial charge < -0.3 is 29.2 Å². The second-order valence-electron chi connectivity index (χ2n) is 12.9. The Labute approximate surface area is 268 Å². The van der Waals surface area contributed by atoms with Crippen molar-refractivity contribution < 1.29 is 48.3 Å². The summed E-state index contributed by atoms with van der Waals surface area (Å²) in [5, 5.41) is 23.4. The van der Waals surface area contributed by atoms with E-state index in [1.807, 2.05) is 19.9 Å². The van der Waals surface area contributed by atoms with Gasteiger partial charge in [-0.2, -0.15) is 0 Å². The van der Waals surface area contributed by atoms with Gasteiger partial charge in [0.1, 0.15) is 18.3 Å². The molecule has 2 aliphatic carbocycles. The topological polar surface area (TPSA) is 146 Å². The first kappa shape index (κ1) is 32.9. The van der Waals surface area contributed by atoms with Crippen LogP contribution in [0.25, 0.3) is 0 Å². The van der Waals surface area contributed by atoms with E-state index >= 15 is 0 Å². The van der Waals surface area contributed by atoms with E-state index < -0.39 is 70.3 Å². The normalized spacial score (nSPS) is 31.2. The van der Waals surface area contributed by atoms with Crippen LogP contribution in [0.15, 0.2) is 83.6 Å². The molecule has 0 aromatic heterocycles. The first-order valence-corrected chi connectivity index (χ1v) is 15.4. The van der Waals surface area contributed by atoms with Gasteiger partial charge in [-0.3, -0.25) is 4.79 Å². The quantitative estimate of drug-likeness (QED) is 0.224. The van der Waals surface area contributed by atoms with Gasteiger partial charge in [0.2, 0.25) is 5.76 Å². The van der Waals surface area contributed by atoms with Crippen LogP contribution in [0, 0.1) is 16.7 Å². The smallest absolute Gasteiger partial charge is 0.373 e. The first-order chi connectivity index (χ1) is 21.7. The van der Waals surface area contributed by atoms with Crippen molar-refractivity contribution in [2.24, 2.45) is 16.7 Å². The minimum absolute atomic E-state index is 0.132. The molecule has 5 rings (SSSR count). The number of rotatable bonds is 8. The molecule has 10 heteroatoms. The summed E-state index contributed by atoms with van der Waals surface area (Å²) in [5.41, 5.74) is -2.84. The lowest BCUT2D eigenvalue weighted by atomic mass is 9.42. The molecule has 1 fully saturated rings. The predicted molar refractivity (Wildman–Crippen MR) is 165 cm³/mol. The minimum atomic E-state index is -2.00. The fourth-order valence-corrected chi connectivity index (χ4v) is 7.69. The standard InChI is InChI=1S/C36H40O10/c1-21-13-12-18-26-34(21,3)29(45-31(39)23-14-8-6-9-15-23)30(46-32(40)24-16-10-7-11-17-24)36(5,42)35(26,4)27(44-22(2)37)19-25-20-43-33(41)28(25)38/h6-11,13-17,26-27,29-30,38,42H,12,18-20H2,1-5H3/t26-,27+,29-,30-,34-,35-,36-/m0/s1. The molecule has 1 saturated carbocycles. The van der Waals surface area contributed by atoms with Crippen LogP contribution in [0.1, 0.15) is 74.6 Å². The average molecular weight is 633 g/mol. The maximum Gasteiger partial charge on any atom is 0.373 e. The van der Waals surface area contributed by atoms with Crippen molar-refractivity contribution in [3.05, 3.63) is 94.8 Å². The Morgan fingerprint density at radius 2 is 1.48 bits per heavy atom. The molecule has 0 bridgehead atoms. The van der Waals surface area contributed by atoms with Crippen LogP contribution in [0.3, 0.4) is 0 Å². The third kappa shape index (κ3) is 5.48. The van der Waals surface area contributed by atoms with Gasteiger partial charge in [-0.05, 0) is 56.9 Å². The lowest BCUT2D eigenvalue weighted by Crippen LogP contribution is -2.75. The molecule has 0 saturated heterocycles. The van der Waals surface area contributed by atoms with E-state index in [0.717, 1.165) is 5.57 Å². The van der Waals surface area contributed by atoms with Crippen molar-refractivity contribution >= 4 is 23.9 Å². The van der Waals surface area contributed by atoms with Gasteiger partial charge in [0.15, 0.2) is 12.2 Å². The zero-order valence-electron chi connectivity index (χ0n) is 26.6. The maximum absolute atomic E-state index is 13.7. The Balaban J connectivity index is 1.70. The van der Waals surface area contributed by atoms with Gasteiger partial charge in [0.05, 0.1) is 11.1 Å². The average Bonchev–Trinajstić information content (AvgIpc) is 3.35. The van der Waals surface area contributed by atoms with Gasteiger partial charge in [-0.25, -0.2) is 14.4 Å². The number of benzene rings is 2. The van der Waals surface area contributed by atoms with Gasteiger partial charge in [-0.15, -0.1) is 0 Å². The number of allylic oxidation sites excluding steroid dienone is 1. The molecule has 1 heterocycles. The van der Waals surface area contributed by atoms with Gasteiger partial charge in [0.25, 0.3) is 0 Å². The highest BCUT2D eigenvalue weighted by molar-refractivity contribution is 5.91. The Kier molecular flexibility index (Phi) is 8.88. The Morgan fingerprint density at radius 3 is 1.98 bits per heavy atom. The Morgan fingerprint density at radius 1 is 0.935 bits per heavy atom. The number of fused-ring (bicyclic) bond motifs is 1. The van der Waals surface area contributed by atoms with E-state index in [0.29, 0.717) is 12.8 Å². The molecule has 1 aliphatic heterocycles. The summed E-state index contributed by atoms with van der Waals surface area (Å²) in [5.74, 6) is -4.01. The molecule has 0 spiro atoms. The molecule has 7 atom stereocenters. The van der Waals surface area contributed by atoms with Crippen molar-refractivity contribution in [1.29, 1.82) is 0 Å². The summed E-state index contributed by atoms with van der Waals surface area (Å²) in [6.07, 6.45) is -0.722. The molecular formula is C36H40O10. The summed E-state index contributed by atoms with van der Waals surface area (Å²) in [4.78, 5) is 52.1. The molecule has 244 valence electrons. The van der Waals surface area contributed by atoms with E-state index in [-0.39, 0.29) is 29.7 Å². The summed E-state index contributed by atoms with van der Waals surface area (Å²) in [6, 6.07) is 16.7. The van der Waals surface area contributed by atoms with E-state index in [1.54, 1.807) is 67.6 Å². The summed E-state index contributed by atoms with van der Waals surface area (Å²) >= 11 is 0. The van der Waals surface area contributed by atoms with Gasteiger partial charge in [0, 0.05) is 29.7 Å². The molecule has 2 aromatic rings. The molecule has 0 amide bonds. The van der Waals surface area contributed by atoms with E-state index in [9.17, 15) is 29.4 Å². The van der Waals surface area contributed by atoms with E-state index in [1.165, 1.54) is 13.8 Å². The second kappa shape index (κ2) is 12.4. The third-order valence-corrected chi connectivity index (χ3v) is 10.5. The van der Waals surface area contributed by atoms with Crippen LogP contribution >= 0.6 is 0 Å². The highest BCUT2D eigenvalue weighted by Gasteiger charge is 2.73. The van der Waals surface area contributed by atoms with Gasteiger partial charge in [-0.1, -0.05) is 61.9 Å². The zero-order valence-corrected chi connectivity index (χ0v) is 26.6. The summed E-state index contributed by atoms with van der Waals surface area (Å²) in [6.45, 7) is 8.10. The fourth-order valence-electron chi connectivity index (χ4n) is 7.69. The van der Waals surface area contributed by atoms with Crippen molar-refractivity contribution in [1.82, 2.24) is 0 Å². The zero-order chi connectivity index (χ0) is 33.4. The first-order valence-electron chi connectivity index (χ1n) is 15.4. The SMILES string of the molecule is CC(=O)O[C@H](CC1=C(O)C(=O)OC1)[C@]1(C)[C@H]2CCC=C(C)[C@]2(C)[C@@H](OC(=O)c2ccccc2)[C@H](OC(=O)c2ccccc2)[C@]1(C)O. The number of carbonyl (C=O) groups excluding carboxylic acids is 4. The Hall–Kier alpha value is -4.44. The Bertz CT molecular complexity index is 1580. The molecule has 0 radical (unpaired) electrons. The van der Waals surface area contributed by atoms with E-state index in [4.69, 9.17) is 18.9 Å². The predicted octanol–water partition coefficient (Wildman–Crippen LogP) is 5.26. The van der Waals surface area contributed by atoms with Crippen LogP contribution in [0.5, 0.6) is 0 Å². The maximum atomic E-state index is 13.7. The van der Waals surface area contributed by atoms with Crippen molar-refractivity contribution in [3.8, 4) is 0 Å². The van der Waals surface area contributed by atoms with Gasteiger partial charge >= 0.3 is 23.9 Å². The molecule has 2 aromatic carbocycles. The van der Waals surface area contributed by atoms with Crippen molar-refractivity contribution in [2.45, 2.75) is 77.8 Å². The fraction of sp³-hybridized carbons (Fsp3) is 0.444. The summed E-state index contributed by atoms with van der Waals surface area (Å²) < 4.78 is 23.4. The monoisotopic (exact) mass is 632 g/mol. The summed E-state index contributed by atoms with van der Waals surface area (Å²) in [7, 11) is 0. The van der Waals surface area contributed by atoms with Crippen molar-refractivity contribution in [3.63, 3.8) is 0 Å². The number of cyclic esters (lactones) is 1.